The van der Waals surface area contributed by atoms with Gasteiger partial charge in [0.2, 0.25) is 10.0 Å². The lowest BCUT2D eigenvalue weighted by atomic mass is 10.1. The Morgan fingerprint density at radius 3 is 2.78 bits per heavy atom. The molecule has 1 fully saturated rings. The second-order valence-electron chi connectivity index (χ2n) is 5.64. The molecule has 0 aliphatic carbocycles. The van der Waals surface area contributed by atoms with Gasteiger partial charge < -0.3 is 4.90 Å². The number of sulfonamides is 1. The van der Waals surface area contributed by atoms with E-state index in [0.29, 0.717) is 6.54 Å². The van der Waals surface area contributed by atoms with Gasteiger partial charge in [-0.15, -0.1) is 0 Å². The van der Waals surface area contributed by atoms with Gasteiger partial charge in [0.15, 0.2) is 0 Å². The molecule has 0 saturated carbocycles. The SMILES string of the molecule is CN(C1CCCN(c2ccccn2)C1)S(=O)(=O)c1cccnc1. The standard InChI is InChI=1S/C16H20N4O2S/c1-19(23(21,22)15-7-4-9-17-12-15)14-6-5-11-20(13-14)16-8-2-3-10-18-16/h2-4,7-10,12,14H,5-6,11,13H2,1H3. The van der Waals surface area contributed by atoms with Gasteiger partial charge >= 0.3 is 0 Å². The van der Waals surface area contributed by atoms with Gasteiger partial charge in [-0.1, -0.05) is 6.07 Å². The number of likely N-dealkylation sites (N-methyl/N-ethyl adjacent to an activating group) is 1. The first kappa shape index (κ1) is 15.9. The zero-order valence-corrected chi connectivity index (χ0v) is 13.9. The zero-order chi connectivity index (χ0) is 16.3. The summed E-state index contributed by atoms with van der Waals surface area (Å²) < 4.78 is 26.9. The number of piperidine rings is 1. The van der Waals surface area contributed by atoms with Crippen LogP contribution >= 0.6 is 0 Å². The summed E-state index contributed by atoms with van der Waals surface area (Å²) in [4.78, 5) is 10.7. The fraction of sp³-hybridized carbons (Fsp3) is 0.375. The maximum Gasteiger partial charge on any atom is 0.244 e. The molecule has 2 aromatic rings. The van der Waals surface area contributed by atoms with Crippen molar-refractivity contribution >= 4 is 15.8 Å². The van der Waals surface area contributed by atoms with Gasteiger partial charge in [0.05, 0.1) is 0 Å². The van der Waals surface area contributed by atoms with Crippen molar-refractivity contribution in [1.29, 1.82) is 0 Å². The summed E-state index contributed by atoms with van der Waals surface area (Å²) in [6, 6.07) is 8.93. The molecule has 3 heterocycles. The number of aromatic nitrogens is 2. The molecule has 0 radical (unpaired) electrons. The maximum atomic E-state index is 12.7. The predicted molar refractivity (Wildman–Crippen MR) is 88.7 cm³/mol. The summed E-state index contributed by atoms with van der Waals surface area (Å²) in [5.74, 6) is 0.893. The van der Waals surface area contributed by atoms with Crippen molar-refractivity contribution in [2.45, 2.75) is 23.8 Å². The predicted octanol–water partition coefficient (Wildman–Crippen LogP) is 1.77. The average molecular weight is 332 g/mol. The molecule has 6 nitrogen and oxygen atoms in total. The molecule has 0 amide bonds. The van der Waals surface area contributed by atoms with Crippen molar-refractivity contribution in [3.63, 3.8) is 0 Å². The van der Waals surface area contributed by atoms with E-state index in [9.17, 15) is 8.42 Å². The van der Waals surface area contributed by atoms with Crippen LogP contribution in [0.5, 0.6) is 0 Å². The fourth-order valence-corrected chi connectivity index (χ4v) is 4.20. The van der Waals surface area contributed by atoms with Gasteiger partial charge in [0.25, 0.3) is 0 Å². The number of nitrogens with zero attached hydrogens (tertiary/aromatic N) is 4. The van der Waals surface area contributed by atoms with Crippen LogP contribution < -0.4 is 4.90 Å². The molecular weight excluding hydrogens is 312 g/mol. The van der Waals surface area contributed by atoms with Crippen LogP contribution in [0.1, 0.15) is 12.8 Å². The van der Waals surface area contributed by atoms with Crippen molar-refractivity contribution in [1.82, 2.24) is 14.3 Å². The van der Waals surface area contributed by atoms with Gasteiger partial charge in [-0.05, 0) is 37.1 Å². The summed E-state index contributed by atoms with van der Waals surface area (Å²) in [6.07, 6.45) is 6.51. The van der Waals surface area contributed by atoms with Gasteiger partial charge in [0, 0.05) is 44.8 Å². The van der Waals surface area contributed by atoms with E-state index in [4.69, 9.17) is 0 Å². The Balaban J connectivity index is 1.78. The highest BCUT2D eigenvalue weighted by Gasteiger charge is 2.31. The van der Waals surface area contributed by atoms with Crippen LogP contribution in [-0.4, -0.2) is 48.9 Å². The number of anilines is 1. The lowest BCUT2D eigenvalue weighted by Gasteiger charge is -2.37. The maximum absolute atomic E-state index is 12.7. The Labute approximate surface area is 136 Å². The Hall–Kier alpha value is -1.99. The zero-order valence-electron chi connectivity index (χ0n) is 13.0. The quantitative estimate of drug-likeness (QED) is 0.853. The molecule has 23 heavy (non-hydrogen) atoms. The Morgan fingerprint density at radius 2 is 2.09 bits per heavy atom. The minimum Gasteiger partial charge on any atom is -0.355 e. The molecule has 0 bridgehead atoms. The van der Waals surface area contributed by atoms with Gasteiger partial charge in [-0.25, -0.2) is 13.4 Å². The van der Waals surface area contributed by atoms with E-state index in [1.54, 1.807) is 31.6 Å². The van der Waals surface area contributed by atoms with Crippen molar-refractivity contribution < 1.29 is 8.42 Å². The van der Waals surface area contributed by atoms with Crippen LogP contribution in [0.25, 0.3) is 0 Å². The van der Waals surface area contributed by atoms with E-state index >= 15 is 0 Å². The number of hydrogen-bond acceptors (Lipinski definition) is 5. The summed E-state index contributed by atoms with van der Waals surface area (Å²) in [5.41, 5.74) is 0. The summed E-state index contributed by atoms with van der Waals surface area (Å²) in [6.45, 7) is 1.54. The van der Waals surface area contributed by atoms with Crippen LogP contribution in [0.2, 0.25) is 0 Å². The molecule has 1 atom stereocenters. The Kier molecular flexibility index (Phi) is 4.58. The molecule has 1 aliphatic rings. The van der Waals surface area contributed by atoms with E-state index in [-0.39, 0.29) is 10.9 Å². The smallest absolute Gasteiger partial charge is 0.244 e. The normalized spacial score (nSPS) is 19.0. The monoisotopic (exact) mass is 332 g/mol. The Bertz CT molecular complexity index is 737. The third-order valence-electron chi connectivity index (χ3n) is 4.20. The van der Waals surface area contributed by atoms with Crippen molar-refractivity contribution in [3.05, 3.63) is 48.9 Å². The second kappa shape index (κ2) is 6.64. The van der Waals surface area contributed by atoms with Gasteiger partial charge in [0.1, 0.15) is 10.7 Å². The third kappa shape index (κ3) is 3.35. The van der Waals surface area contributed by atoms with Crippen molar-refractivity contribution in [2.75, 3.05) is 25.0 Å². The van der Waals surface area contributed by atoms with Gasteiger partial charge in [-0.3, -0.25) is 4.98 Å². The summed E-state index contributed by atoms with van der Waals surface area (Å²) in [7, 11) is -1.87. The first-order valence-corrected chi connectivity index (χ1v) is 9.07. The highest BCUT2D eigenvalue weighted by molar-refractivity contribution is 7.89. The molecule has 0 N–H and O–H groups in total. The first-order valence-electron chi connectivity index (χ1n) is 7.63. The van der Waals surface area contributed by atoms with Crippen LogP contribution in [0.3, 0.4) is 0 Å². The lowest BCUT2D eigenvalue weighted by molar-refractivity contribution is 0.319. The van der Waals surface area contributed by atoms with E-state index in [1.807, 2.05) is 18.2 Å². The molecule has 1 aliphatic heterocycles. The fourth-order valence-electron chi connectivity index (χ4n) is 2.86. The first-order chi connectivity index (χ1) is 11.1. The molecule has 0 aromatic carbocycles. The van der Waals surface area contributed by atoms with Crippen molar-refractivity contribution in [2.24, 2.45) is 0 Å². The number of rotatable bonds is 4. The summed E-state index contributed by atoms with van der Waals surface area (Å²) >= 11 is 0. The largest absolute Gasteiger partial charge is 0.355 e. The van der Waals surface area contributed by atoms with Crippen LogP contribution in [0.4, 0.5) is 5.82 Å². The molecular formula is C16H20N4O2S. The average Bonchev–Trinajstić information content (AvgIpc) is 2.62. The Morgan fingerprint density at radius 1 is 1.22 bits per heavy atom. The van der Waals surface area contributed by atoms with E-state index in [1.165, 1.54) is 10.5 Å². The molecule has 3 rings (SSSR count). The highest BCUT2D eigenvalue weighted by atomic mass is 32.2. The summed E-state index contributed by atoms with van der Waals surface area (Å²) in [5, 5.41) is 0. The van der Waals surface area contributed by atoms with Crippen LogP contribution in [-0.2, 0) is 10.0 Å². The third-order valence-corrected chi connectivity index (χ3v) is 6.09. The molecule has 122 valence electrons. The van der Waals surface area contributed by atoms with Gasteiger partial charge in [-0.2, -0.15) is 4.31 Å². The number of hydrogen-bond donors (Lipinski definition) is 0. The molecule has 1 unspecified atom stereocenters. The minimum absolute atomic E-state index is 0.0732. The topological polar surface area (TPSA) is 66.4 Å². The van der Waals surface area contributed by atoms with E-state index in [0.717, 1.165) is 25.2 Å². The molecule has 1 saturated heterocycles. The van der Waals surface area contributed by atoms with Crippen molar-refractivity contribution in [3.8, 4) is 0 Å². The lowest BCUT2D eigenvalue weighted by Crippen LogP contribution is -2.48. The second-order valence-corrected chi connectivity index (χ2v) is 7.64. The van der Waals surface area contributed by atoms with Crippen LogP contribution in [0.15, 0.2) is 53.8 Å². The van der Waals surface area contributed by atoms with Crippen LogP contribution in [0, 0.1) is 0 Å². The highest BCUT2D eigenvalue weighted by Crippen LogP contribution is 2.24. The molecule has 7 heteroatoms. The minimum atomic E-state index is -3.52. The number of pyridine rings is 2. The van der Waals surface area contributed by atoms with E-state index < -0.39 is 10.0 Å². The molecule has 2 aromatic heterocycles. The van der Waals surface area contributed by atoms with E-state index in [2.05, 4.69) is 14.9 Å². The molecule has 0 spiro atoms.